The zero-order chi connectivity index (χ0) is 15.5. The quantitative estimate of drug-likeness (QED) is 0.768. The van der Waals surface area contributed by atoms with E-state index in [0.29, 0.717) is 39.4 Å². The Kier molecular flexibility index (Phi) is 5.22. The average molecular weight is 298 g/mol. The minimum absolute atomic E-state index is 0.0349. The summed E-state index contributed by atoms with van der Waals surface area (Å²) in [6, 6.07) is 0. The fraction of sp³-hybridized carbons (Fsp3) is 0.867. The van der Waals surface area contributed by atoms with E-state index in [1.165, 1.54) is 0 Å². The third kappa shape index (κ3) is 4.68. The highest BCUT2D eigenvalue weighted by molar-refractivity contribution is 5.84. The van der Waals surface area contributed by atoms with Crippen LogP contribution >= 0.6 is 0 Å². The highest BCUT2D eigenvalue weighted by Crippen LogP contribution is 2.21. The van der Waals surface area contributed by atoms with Crippen LogP contribution in [0.5, 0.6) is 0 Å². The summed E-state index contributed by atoms with van der Waals surface area (Å²) in [6.07, 6.45) is 0.594. The minimum Gasteiger partial charge on any atom is -0.378 e. The number of ether oxygens (including phenoxy) is 2. The maximum Gasteiger partial charge on any atom is 0.223 e. The van der Waals surface area contributed by atoms with Crippen LogP contribution in [0, 0.1) is 0 Å². The second-order valence-electron chi connectivity index (χ2n) is 6.46. The molecule has 21 heavy (non-hydrogen) atoms. The average Bonchev–Trinajstić information content (AvgIpc) is 2.43. The number of carbonyl (C=O) groups is 2. The SMILES string of the molecule is CC1CN(C(=O)CCC(=O)N2CCOCC2)CC(C)(C)O1. The molecule has 2 rings (SSSR count). The first-order valence-electron chi connectivity index (χ1n) is 7.68. The molecule has 0 bridgehead atoms. The molecule has 1 atom stereocenters. The summed E-state index contributed by atoms with van der Waals surface area (Å²) in [7, 11) is 0. The van der Waals surface area contributed by atoms with Crippen molar-refractivity contribution in [2.24, 2.45) is 0 Å². The molecule has 2 aliphatic heterocycles. The van der Waals surface area contributed by atoms with Gasteiger partial charge in [0.1, 0.15) is 0 Å². The molecule has 0 saturated carbocycles. The van der Waals surface area contributed by atoms with Crippen LogP contribution in [-0.4, -0.2) is 72.7 Å². The first-order chi connectivity index (χ1) is 9.87. The largest absolute Gasteiger partial charge is 0.378 e. The molecule has 0 aromatic carbocycles. The van der Waals surface area contributed by atoms with Crippen LogP contribution < -0.4 is 0 Å². The number of amides is 2. The van der Waals surface area contributed by atoms with Crippen molar-refractivity contribution in [2.75, 3.05) is 39.4 Å². The van der Waals surface area contributed by atoms with E-state index in [0.717, 1.165) is 0 Å². The standard InChI is InChI=1S/C15H26N2O4/c1-12-10-17(11-15(2,3)21-12)14(19)5-4-13(18)16-6-8-20-9-7-16/h12H,4-11H2,1-3H3. The van der Waals surface area contributed by atoms with E-state index < -0.39 is 0 Å². The van der Waals surface area contributed by atoms with Crippen molar-refractivity contribution in [3.05, 3.63) is 0 Å². The van der Waals surface area contributed by atoms with Crippen LogP contribution in [0.3, 0.4) is 0 Å². The van der Waals surface area contributed by atoms with Crippen molar-refractivity contribution in [3.63, 3.8) is 0 Å². The molecule has 2 aliphatic rings. The van der Waals surface area contributed by atoms with Gasteiger partial charge in [-0.25, -0.2) is 0 Å². The van der Waals surface area contributed by atoms with Crippen LogP contribution in [-0.2, 0) is 19.1 Å². The van der Waals surface area contributed by atoms with E-state index in [9.17, 15) is 9.59 Å². The van der Waals surface area contributed by atoms with Gasteiger partial charge in [0.05, 0.1) is 24.9 Å². The van der Waals surface area contributed by atoms with E-state index in [1.54, 1.807) is 4.90 Å². The summed E-state index contributed by atoms with van der Waals surface area (Å²) in [5.41, 5.74) is -0.318. The highest BCUT2D eigenvalue weighted by Gasteiger charge is 2.33. The number of hydrogen-bond donors (Lipinski definition) is 0. The van der Waals surface area contributed by atoms with E-state index in [2.05, 4.69) is 0 Å². The second-order valence-corrected chi connectivity index (χ2v) is 6.46. The Bertz CT molecular complexity index is 391. The van der Waals surface area contributed by atoms with Crippen LogP contribution in [0.2, 0.25) is 0 Å². The van der Waals surface area contributed by atoms with Crippen LogP contribution in [0.4, 0.5) is 0 Å². The maximum atomic E-state index is 12.3. The van der Waals surface area contributed by atoms with Gasteiger partial charge < -0.3 is 19.3 Å². The van der Waals surface area contributed by atoms with Crippen molar-refractivity contribution in [2.45, 2.75) is 45.3 Å². The third-order valence-corrected chi connectivity index (χ3v) is 3.84. The van der Waals surface area contributed by atoms with Crippen molar-refractivity contribution < 1.29 is 19.1 Å². The molecule has 0 aromatic heterocycles. The van der Waals surface area contributed by atoms with Gasteiger partial charge in [-0.15, -0.1) is 0 Å². The lowest BCUT2D eigenvalue weighted by Crippen LogP contribution is -2.53. The molecule has 6 heteroatoms. The number of carbonyl (C=O) groups excluding carboxylic acids is 2. The van der Waals surface area contributed by atoms with Gasteiger partial charge in [0.2, 0.25) is 11.8 Å². The topological polar surface area (TPSA) is 59.1 Å². The number of nitrogens with zero attached hydrogens (tertiary/aromatic N) is 2. The van der Waals surface area contributed by atoms with E-state index >= 15 is 0 Å². The van der Waals surface area contributed by atoms with Gasteiger partial charge in [-0.1, -0.05) is 0 Å². The van der Waals surface area contributed by atoms with Crippen LogP contribution in [0.25, 0.3) is 0 Å². The summed E-state index contributed by atoms with van der Waals surface area (Å²) in [4.78, 5) is 27.9. The van der Waals surface area contributed by atoms with Gasteiger partial charge >= 0.3 is 0 Å². The molecule has 2 heterocycles. The summed E-state index contributed by atoms with van der Waals surface area (Å²) in [6.45, 7) is 9.59. The number of hydrogen-bond acceptors (Lipinski definition) is 4. The van der Waals surface area contributed by atoms with E-state index in [4.69, 9.17) is 9.47 Å². The molecule has 2 fully saturated rings. The molecule has 2 saturated heterocycles. The summed E-state index contributed by atoms with van der Waals surface area (Å²) < 4.78 is 11.0. The maximum absolute atomic E-state index is 12.3. The molecule has 0 N–H and O–H groups in total. The molecule has 2 amide bonds. The number of morpholine rings is 2. The van der Waals surface area contributed by atoms with Crippen molar-refractivity contribution in [1.82, 2.24) is 9.80 Å². The Morgan fingerprint density at radius 1 is 1.10 bits per heavy atom. The van der Waals surface area contributed by atoms with Gasteiger partial charge in [0.15, 0.2) is 0 Å². The molecule has 0 aromatic rings. The Labute approximate surface area is 126 Å². The predicted octanol–water partition coefficient (Wildman–Crippen LogP) is 0.651. The molecule has 0 aliphatic carbocycles. The van der Waals surface area contributed by atoms with E-state index in [-0.39, 0.29) is 36.4 Å². The molecule has 6 nitrogen and oxygen atoms in total. The zero-order valence-electron chi connectivity index (χ0n) is 13.3. The molecule has 1 unspecified atom stereocenters. The normalized spacial score (nSPS) is 25.8. The zero-order valence-corrected chi connectivity index (χ0v) is 13.3. The first kappa shape index (κ1) is 16.2. The smallest absolute Gasteiger partial charge is 0.223 e. The Hall–Kier alpha value is -1.14. The molecular weight excluding hydrogens is 272 g/mol. The molecule has 0 radical (unpaired) electrons. The monoisotopic (exact) mass is 298 g/mol. The lowest BCUT2D eigenvalue weighted by atomic mass is 10.0. The van der Waals surface area contributed by atoms with E-state index in [1.807, 2.05) is 25.7 Å². The van der Waals surface area contributed by atoms with Crippen LogP contribution in [0.15, 0.2) is 0 Å². The third-order valence-electron chi connectivity index (χ3n) is 3.84. The summed E-state index contributed by atoms with van der Waals surface area (Å²) in [5, 5.41) is 0. The fourth-order valence-electron chi connectivity index (χ4n) is 2.99. The molecular formula is C15H26N2O4. The second kappa shape index (κ2) is 6.75. The van der Waals surface area contributed by atoms with Gasteiger partial charge in [-0.05, 0) is 20.8 Å². The first-order valence-corrected chi connectivity index (χ1v) is 7.68. The summed E-state index contributed by atoms with van der Waals surface area (Å²) >= 11 is 0. The van der Waals surface area contributed by atoms with Gasteiger partial charge in [-0.2, -0.15) is 0 Å². The van der Waals surface area contributed by atoms with Crippen molar-refractivity contribution >= 4 is 11.8 Å². The van der Waals surface area contributed by atoms with Crippen molar-refractivity contribution in [1.29, 1.82) is 0 Å². The molecule has 0 spiro atoms. The lowest BCUT2D eigenvalue weighted by Gasteiger charge is -2.41. The van der Waals surface area contributed by atoms with Crippen LogP contribution in [0.1, 0.15) is 33.6 Å². The minimum atomic E-state index is -0.318. The Morgan fingerprint density at radius 3 is 2.24 bits per heavy atom. The van der Waals surface area contributed by atoms with Crippen molar-refractivity contribution in [3.8, 4) is 0 Å². The molecule has 120 valence electrons. The fourth-order valence-corrected chi connectivity index (χ4v) is 2.99. The highest BCUT2D eigenvalue weighted by atomic mass is 16.5. The Balaban J connectivity index is 1.79. The summed E-state index contributed by atoms with van der Waals surface area (Å²) in [5.74, 6) is 0.0899. The Morgan fingerprint density at radius 2 is 1.67 bits per heavy atom. The van der Waals surface area contributed by atoms with Gasteiger partial charge in [0, 0.05) is 39.0 Å². The van der Waals surface area contributed by atoms with Gasteiger partial charge in [0.25, 0.3) is 0 Å². The number of rotatable bonds is 3. The lowest BCUT2D eigenvalue weighted by molar-refractivity contribution is -0.159. The predicted molar refractivity (Wildman–Crippen MR) is 77.8 cm³/mol. The van der Waals surface area contributed by atoms with Gasteiger partial charge in [-0.3, -0.25) is 9.59 Å².